The van der Waals surface area contributed by atoms with E-state index in [2.05, 4.69) is 20.4 Å². The van der Waals surface area contributed by atoms with E-state index in [4.69, 9.17) is 0 Å². The van der Waals surface area contributed by atoms with Gasteiger partial charge in [0.25, 0.3) is 5.91 Å². The smallest absolute Gasteiger partial charge is 0.347 e. The van der Waals surface area contributed by atoms with E-state index in [0.717, 1.165) is 29.0 Å². The molecule has 4 rings (SSSR count). The van der Waals surface area contributed by atoms with E-state index in [-0.39, 0.29) is 12.2 Å². The van der Waals surface area contributed by atoms with E-state index < -0.39 is 17.6 Å². The van der Waals surface area contributed by atoms with Gasteiger partial charge in [-0.05, 0) is 35.9 Å². The highest BCUT2D eigenvalue weighted by atomic mass is 32.1. The molecule has 152 valence electrons. The molecule has 0 aliphatic carbocycles. The molecule has 0 aliphatic heterocycles. The Kier molecular flexibility index (Phi) is 5.32. The number of carbonyl (C=O) groups is 1. The molecule has 4 aromatic rings. The normalized spacial score (nSPS) is 11.4. The van der Waals surface area contributed by atoms with Gasteiger partial charge in [-0.1, -0.05) is 12.1 Å². The lowest BCUT2D eigenvalue weighted by Crippen LogP contribution is -2.23. The number of carbonyl (C=O) groups excluding carboxylic acids is 1. The number of hydrogen-bond donors (Lipinski definition) is 1. The second-order valence-electron chi connectivity index (χ2n) is 6.27. The fraction of sp³-hybridized carbons (Fsp3) is 0.100. The van der Waals surface area contributed by atoms with Crippen molar-refractivity contribution >= 4 is 17.2 Å². The van der Waals surface area contributed by atoms with Gasteiger partial charge in [-0.3, -0.25) is 4.79 Å². The van der Waals surface area contributed by atoms with Crippen molar-refractivity contribution in [3.05, 3.63) is 83.3 Å². The molecule has 0 atom stereocenters. The fourth-order valence-electron chi connectivity index (χ4n) is 2.71. The van der Waals surface area contributed by atoms with Gasteiger partial charge in [0.2, 0.25) is 0 Å². The quantitative estimate of drug-likeness (QED) is 0.512. The molecule has 30 heavy (non-hydrogen) atoms. The molecular formula is C20H14F3N5OS. The van der Waals surface area contributed by atoms with Crippen molar-refractivity contribution in [1.29, 1.82) is 0 Å². The number of alkyl halides is 3. The van der Waals surface area contributed by atoms with Gasteiger partial charge >= 0.3 is 6.18 Å². The zero-order chi connectivity index (χ0) is 21.1. The predicted octanol–water partition coefficient (Wildman–Crippen LogP) is 4.34. The van der Waals surface area contributed by atoms with Crippen LogP contribution >= 0.6 is 11.3 Å². The molecule has 0 bridgehead atoms. The molecular weight excluding hydrogens is 415 g/mol. The van der Waals surface area contributed by atoms with Gasteiger partial charge in [0, 0.05) is 36.1 Å². The van der Waals surface area contributed by atoms with Crippen LogP contribution in [-0.4, -0.2) is 25.7 Å². The summed E-state index contributed by atoms with van der Waals surface area (Å²) in [5, 5.41) is 8.73. The summed E-state index contributed by atoms with van der Waals surface area (Å²) >= 11 is 1.11. The minimum Gasteiger partial charge on any atom is -0.347 e. The van der Waals surface area contributed by atoms with Gasteiger partial charge in [0.1, 0.15) is 10.7 Å². The number of nitrogens with zero attached hydrogens (tertiary/aromatic N) is 4. The Balaban J connectivity index is 1.45. The zero-order valence-electron chi connectivity index (χ0n) is 15.3. The van der Waals surface area contributed by atoms with E-state index in [1.807, 2.05) is 0 Å². The number of hydrogen-bond acceptors (Lipinski definition) is 5. The maximum Gasteiger partial charge on any atom is 0.416 e. The Morgan fingerprint density at radius 1 is 1.13 bits per heavy atom. The number of benzene rings is 1. The largest absolute Gasteiger partial charge is 0.416 e. The number of aromatic nitrogens is 4. The Hall–Kier alpha value is -3.53. The number of rotatable bonds is 5. The van der Waals surface area contributed by atoms with E-state index in [9.17, 15) is 18.0 Å². The summed E-state index contributed by atoms with van der Waals surface area (Å²) in [5.41, 5.74) is 0.518. The first-order valence-corrected chi connectivity index (χ1v) is 9.64. The van der Waals surface area contributed by atoms with Gasteiger partial charge < -0.3 is 5.32 Å². The van der Waals surface area contributed by atoms with Gasteiger partial charge in [-0.25, -0.2) is 14.6 Å². The summed E-state index contributed by atoms with van der Waals surface area (Å²) in [6, 6.07) is 10.2. The lowest BCUT2D eigenvalue weighted by molar-refractivity contribution is -0.137. The topological polar surface area (TPSA) is 72.7 Å². The van der Waals surface area contributed by atoms with Crippen LogP contribution in [0.4, 0.5) is 13.2 Å². The first kappa shape index (κ1) is 19.8. The third kappa shape index (κ3) is 4.38. The van der Waals surface area contributed by atoms with Crippen LogP contribution in [0, 0.1) is 0 Å². The van der Waals surface area contributed by atoms with Crippen LogP contribution < -0.4 is 5.32 Å². The maximum atomic E-state index is 12.9. The number of thiazole rings is 1. The average molecular weight is 429 g/mol. The van der Waals surface area contributed by atoms with Gasteiger partial charge in [0.15, 0.2) is 5.82 Å². The van der Waals surface area contributed by atoms with E-state index >= 15 is 0 Å². The molecule has 6 nitrogen and oxygen atoms in total. The van der Waals surface area contributed by atoms with Crippen LogP contribution in [0.25, 0.3) is 16.4 Å². The second-order valence-corrected chi connectivity index (χ2v) is 7.13. The highest BCUT2D eigenvalue weighted by Gasteiger charge is 2.30. The zero-order valence-corrected chi connectivity index (χ0v) is 16.1. The third-order valence-corrected chi connectivity index (χ3v) is 5.07. The molecule has 0 saturated heterocycles. The Bertz CT molecular complexity index is 1170. The van der Waals surface area contributed by atoms with Gasteiger partial charge in [-0.15, -0.1) is 11.3 Å². The number of halogens is 3. The van der Waals surface area contributed by atoms with Crippen LogP contribution in [-0.2, 0) is 12.7 Å². The molecule has 1 aromatic carbocycles. The number of nitrogens with one attached hydrogen (secondary N) is 1. The van der Waals surface area contributed by atoms with Crippen molar-refractivity contribution in [2.45, 2.75) is 12.7 Å². The van der Waals surface area contributed by atoms with Crippen molar-refractivity contribution in [2.75, 3.05) is 0 Å². The molecule has 3 aromatic heterocycles. The standard InChI is InChI=1S/C20H14F3N5OS/c21-20(22,23)15-4-1-3-14(10-15)19-27-16(12-30-19)18(29)25-11-13-5-7-24-17(9-13)28-8-2-6-26-28/h1-10,12H,11H2,(H,25,29). The molecule has 0 radical (unpaired) electrons. The van der Waals surface area contributed by atoms with Crippen LogP contribution in [0.3, 0.4) is 0 Å². The molecule has 1 N–H and O–H groups in total. The number of pyridine rings is 1. The summed E-state index contributed by atoms with van der Waals surface area (Å²) in [4.78, 5) is 20.8. The molecule has 0 saturated carbocycles. The highest BCUT2D eigenvalue weighted by Crippen LogP contribution is 2.33. The molecule has 0 aliphatic rings. The Morgan fingerprint density at radius 2 is 2.00 bits per heavy atom. The summed E-state index contributed by atoms with van der Waals surface area (Å²) in [5.74, 6) is 0.203. The average Bonchev–Trinajstić information content (AvgIpc) is 3.44. The molecule has 3 heterocycles. The van der Waals surface area contributed by atoms with Crippen molar-refractivity contribution in [1.82, 2.24) is 25.1 Å². The Labute approximate surface area is 173 Å². The SMILES string of the molecule is O=C(NCc1ccnc(-n2cccn2)c1)c1csc(-c2cccc(C(F)(F)F)c2)n1. The summed E-state index contributed by atoms with van der Waals surface area (Å²) in [6.45, 7) is 0.242. The van der Waals surface area contributed by atoms with Crippen LogP contribution in [0.15, 0.2) is 66.4 Å². The highest BCUT2D eigenvalue weighted by molar-refractivity contribution is 7.13. The van der Waals surface area contributed by atoms with Crippen molar-refractivity contribution < 1.29 is 18.0 Å². The van der Waals surface area contributed by atoms with Crippen molar-refractivity contribution in [2.24, 2.45) is 0 Å². The maximum absolute atomic E-state index is 12.9. The first-order valence-electron chi connectivity index (χ1n) is 8.76. The molecule has 10 heteroatoms. The number of amides is 1. The lowest BCUT2D eigenvalue weighted by atomic mass is 10.1. The van der Waals surface area contributed by atoms with Gasteiger partial charge in [-0.2, -0.15) is 18.3 Å². The fourth-order valence-corrected chi connectivity index (χ4v) is 3.51. The molecule has 1 amide bonds. The first-order chi connectivity index (χ1) is 14.4. The summed E-state index contributed by atoms with van der Waals surface area (Å²) in [7, 11) is 0. The minimum absolute atomic E-state index is 0.147. The van der Waals surface area contributed by atoms with Crippen LogP contribution in [0.2, 0.25) is 0 Å². The summed E-state index contributed by atoms with van der Waals surface area (Å²) < 4.78 is 40.3. The molecule has 0 spiro atoms. The van der Waals surface area contributed by atoms with E-state index in [0.29, 0.717) is 16.4 Å². The van der Waals surface area contributed by atoms with Crippen molar-refractivity contribution in [3.8, 4) is 16.4 Å². The van der Waals surface area contributed by atoms with E-state index in [1.54, 1.807) is 41.5 Å². The van der Waals surface area contributed by atoms with E-state index in [1.165, 1.54) is 17.5 Å². The monoisotopic (exact) mass is 429 g/mol. The minimum atomic E-state index is -4.44. The Morgan fingerprint density at radius 3 is 2.77 bits per heavy atom. The van der Waals surface area contributed by atoms with Crippen molar-refractivity contribution in [3.63, 3.8) is 0 Å². The predicted molar refractivity (Wildman–Crippen MR) is 105 cm³/mol. The lowest BCUT2D eigenvalue weighted by Gasteiger charge is -2.07. The van der Waals surface area contributed by atoms with Crippen LogP contribution in [0.5, 0.6) is 0 Å². The molecule has 0 fully saturated rings. The van der Waals surface area contributed by atoms with Gasteiger partial charge in [0.05, 0.1) is 5.56 Å². The summed E-state index contributed by atoms with van der Waals surface area (Å²) in [6.07, 6.45) is 0.579. The second kappa shape index (κ2) is 8.07. The molecule has 0 unspecified atom stereocenters. The third-order valence-electron chi connectivity index (χ3n) is 4.18. The van der Waals surface area contributed by atoms with Crippen LogP contribution in [0.1, 0.15) is 21.6 Å².